The second-order valence-corrected chi connectivity index (χ2v) is 6.81. The number of benzene rings is 1. The van der Waals surface area contributed by atoms with Gasteiger partial charge in [0, 0.05) is 42.3 Å². The highest BCUT2D eigenvalue weighted by atomic mass is 35.5. The lowest BCUT2D eigenvalue weighted by Gasteiger charge is -2.26. The Kier molecular flexibility index (Phi) is 4.14. The van der Waals surface area contributed by atoms with Gasteiger partial charge in [-0.3, -0.25) is 9.80 Å². The lowest BCUT2D eigenvalue weighted by Crippen LogP contribution is -2.36. The number of phenolic OH excluding ortho intramolecular Hbond substituents is 1. The fourth-order valence-electron chi connectivity index (χ4n) is 3.50. The van der Waals surface area contributed by atoms with Gasteiger partial charge in [-0.2, -0.15) is 0 Å². The van der Waals surface area contributed by atoms with Crippen molar-refractivity contribution in [2.75, 3.05) is 20.1 Å². The molecular weight excluding hydrogens is 295 g/mol. The lowest BCUT2D eigenvalue weighted by atomic mass is 10.1. The monoisotopic (exact) mass is 314 g/mol. The molecule has 3 nitrogen and oxygen atoms in total. The Labute approximate surface area is 130 Å². The fourth-order valence-corrected chi connectivity index (χ4v) is 4.04. The summed E-state index contributed by atoms with van der Waals surface area (Å²) in [6.45, 7) is 2.83. The molecule has 2 aliphatic heterocycles. The van der Waals surface area contributed by atoms with Crippen LogP contribution in [-0.4, -0.2) is 47.1 Å². The summed E-state index contributed by atoms with van der Waals surface area (Å²) in [5.41, 5.74) is 0.822. The Bertz CT molecular complexity index is 509. The topological polar surface area (TPSA) is 26.7 Å². The van der Waals surface area contributed by atoms with Gasteiger partial charge in [-0.1, -0.05) is 23.2 Å². The quantitative estimate of drug-likeness (QED) is 0.906. The van der Waals surface area contributed by atoms with Crippen LogP contribution in [0.5, 0.6) is 5.75 Å². The largest absolute Gasteiger partial charge is 0.506 e. The molecule has 0 radical (unpaired) electrons. The van der Waals surface area contributed by atoms with E-state index >= 15 is 0 Å². The number of aromatic hydroxyl groups is 1. The minimum atomic E-state index is 0.166. The summed E-state index contributed by atoms with van der Waals surface area (Å²) in [5, 5.41) is 11.0. The molecule has 3 rings (SSSR count). The highest BCUT2D eigenvalue weighted by Gasteiger charge is 2.34. The van der Waals surface area contributed by atoms with Gasteiger partial charge >= 0.3 is 0 Å². The zero-order valence-corrected chi connectivity index (χ0v) is 13.2. The summed E-state index contributed by atoms with van der Waals surface area (Å²) in [4.78, 5) is 4.92. The first kappa shape index (κ1) is 14.5. The average Bonchev–Trinajstić information content (AvgIpc) is 2.63. The van der Waals surface area contributed by atoms with E-state index in [0.717, 1.165) is 24.7 Å². The van der Waals surface area contributed by atoms with E-state index < -0.39 is 0 Å². The van der Waals surface area contributed by atoms with Crippen LogP contribution in [-0.2, 0) is 6.54 Å². The zero-order valence-electron chi connectivity index (χ0n) is 11.6. The van der Waals surface area contributed by atoms with Crippen LogP contribution >= 0.6 is 23.2 Å². The van der Waals surface area contributed by atoms with Gasteiger partial charge in [0.25, 0.3) is 0 Å². The predicted molar refractivity (Wildman–Crippen MR) is 82.6 cm³/mol. The van der Waals surface area contributed by atoms with Crippen LogP contribution in [0.3, 0.4) is 0 Å². The maximum absolute atomic E-state index is 10.1. The van der Waals surface area contributed by atoms with Crippen LogP contribution in [0.4, 0.5) is 0 Å². The molecule has 20 heavy (non-hydrogen) atoms. The molecule has 1 aromatic carbocycles. The van der Waals surface area contributed by atoms with Crippen molar-refractivity contribution in [3.63, 3.8) is 0 Å². The van der Waals surface area contributed by atoms with Gasteiger partial charge in [0.05, 0.1) is 5.02 Å². The van der Waals surface area contributed by atoms with Crippen LogP contribution < -0.4 is 0 Å². The van der Waals surface area contributed by atoms with E-state index in [1.54, 1.807) is 6.07 Å². The summed E-state index contributed by atoms with van der Waals surface area (Å²) in [6, 6.07) is 4.76. The highest BCUT2D eigenvalue weighted by molar-refractivity contribution is 6.35. The normalized spacial score (nSPS) is 27.8. The molecule has 2 unspecified atom stereocenters. The third-order valence-corrected chi connectivity index (χ3v) is 5.24. The van der Waals surface area contributed by atoms with Gasteiger partial charge in [-0.25, -0.2) is 0 Å². The number of nitrogens with zero attached hydrogens (tertiary/aromatic N) is 2. The van der Waals surface area contributed by atoms with Gasteiger partial charge in [-0.05, 0) is 38.4 Å². The van der Waals surface area contributed by atoms with Gasteiger partial charge in [-0.15, -0.1) is 0 Å². The van der Waals surface area contributed by atoms with Crippen LogP contribution in [0.25, 0.3) is 0 Å². The predicted octanol–water partition coefficient (Wildman–Crippen LogP) is 3.37. The van der Waals surface area contributed by atoms with Crippen molar-refractivity contribution in [2.24, 2.45) is 0 Å². The third-order valence-electron chi connectivity index (χ3n) is 4.73. The van der Waals surface area contributed by atoms with Crippen molar-refractivity contribution >= 4 is 23.2 Å². The van der Waals surface area contributed by atoms with Gasteiger partial charge < -0.3 is 5.11 Å². The summed E-state index contributed by atoms with van der Waals surface area (Å²) in [5.74, 6) is 0.166. The van der Waals surface area contributed by atoms with Crippen molar-refractivity contribution < 1.29 is 5.11 Å². The third kappa shape index (κ3) is 2.77. The van der Waals surface area contributed by atoms with E-state index in [2.05, 4.69) is 16.8 Å². The first-order valence-electron chi connectivity index (χ1n) is 7.16. The Balaban J connectivity index is 1.75. The Morgan fingerprint density at radius 2 is 1.95 bits per heavy atom. The summed E-state index contributed by atoms with van der Waals surface area (Å²) in [6.07, 6.45) is 3.80. The van der Waals surface area contributed by atoms with Crippen molar-refractivity contribution in [3.05, 3.63) is 27.7 Å². The molecule has 2 aliphatic rings. The minimum absolute atomic E-state index is 0.166. The number of hydrogen-bond donors (Lipinski definition) is 1. The summed E-state index contributed by atoms with van der Waals surface area (Å²) < 4.78 is 0. The number of fused-ring (bicyclic) bond motifs is 2. The molecule has 0 amide bonds. The smallest absolute Gasteiger partial charge is 0.138 e. The number of rotatable bonds is 2. The second kappa shape index (κ2) is 5.72. The van der Waals surface area contributed by atoms with Crippen LogP contribution in [0.15, 0.2) is 12.1 Å². The number of phenols is 1. The van der Waals surface area contributed by atoms with E-state index in [9.17, 15) is 5.11 Å². The second-order valence-electron chi connectivity index (χ2n) is 5.97. The SMILES string of the molecule is CN1C2CCC1CN(Cc1cc(Cl)cc(Cl)c1O)CC2. The molecule has 2 fully saturated rings. The van der Waals surface area contributed by atoms with E-state index in [4.69, 9.17) is 23.2 Å². The molecule has 0 saturated carbocycles. The van der Waals surface area contributed by atoms with Crippen molar-refractivity contribution in [1.29, 1.82) is 0 Å². The molecule has 0 spiro atoms. The van der Waals surface area contributed by atoms with Crippen LogP contribution in [0.2, 0.25) is 10.0 Å². The molecule has 5 heteroatoms. The van der Waals surface area contributed by atoms with E-state index in [-0.39, 0.29) is 5.75 Å². The van der Waals surface area contributed by atoms with Crippen LogP contribution in [0.1, 0.15) is 24.8 Å². The molecule has 0 aromatic heterocycles. The summed E-state index contributed by atoms with van der Waals surface area (Å²) >= 11 is 12.0. The van der Waals surface area contributed by atoms with E-state index in [1.807, 2.05) is 6.07 Å². The van der Waals surface area contributed by atoms with Gasteiger partial charge in [0.1, 0.15) is 5.75 Å². The Hall–Kier alpha value is -0.480. The van der Waals surface area contributed by atoms with E-state index in [1.165, 1.54) is 19.3 Å². The van der Waals surface area contributed by atoms with Gasteiger partial charge in [0.15, 0.2) is 0 Å². The first-order valence-corrected chi connectivity index (χ1v) is 7.91. The molecule has 110 valence electrons. The standard InChI is InChI=1S/C15H20Cl2N2O/c1-18-12-2-3-13(18)9-19(5-4-12)8-10-6-11(16)7-14(17)15(10)20/h6-7,12-13,20H,2-5,8-9H2,1H3. The number of halogens is 2. The van der Waals surface area contributed by atoms with Gasteiger partial charge in [0.2, 0.25) is 0 Å². The molecule has 0 aliphatic carbocycles. The highest BCUT2D eigenvalue weighted by Crippen LogP contribution is 2.34. The maximum atomic E-state index is 10.1. The average molecular weight is 315 g/mol. The molecule has 2 bridgehead atoms. The zero-order chi connectivity index (χ0) is 14.3. The molecule has 1 aromatic rings. The number of hydrogen-bond acceptors (Lipinski definition) is 3. The maximum Gasteiger partial charge on any atom is 0.138 e. The molecule has 2 heterocycles. The molecule has 2 atom stereocenters. The molecule has 2 saturated heterocycles. The van der Waals surface area contributed by atoms with Crippen molar-refractivity contribution in [2.45, 2.75) is 37.9 Å². The lowest BCUT2D eigenvalue weighted by molar-refractivity contribution is 0.213. The fraction of sp³-hybridized carbons (Fsp3) is 0.600. The molecular formula is C15H20Cl2N2O. The minimum Gasteiger partial charge on any atom is -0.506 e. The Morgan fingerprint density at radius 3 is 2.75 bits per heavy atom. The number of likely N-dealkylation sites (N-methyl/N-ethyl adjacent to an activating group) is 1. The van der Waals surface area contributed by atoms with Crippen molar-refractivity contribution in [1.82, 2.24) is 9.80 Å². The number of likely N-dealkylation sites (tertiary alicyclic amines) is 1. The first-order chi connectivity index (χ1) is 9.54. The summed E-state index contributed by atoms with van der Waals surface area (Å²) in [7, 11) is 2.24. The van der Waals surface area contributed by atoms with E-state index in [0.29, 0.717) is 22.6 Å². The molecule has 1 N–H and O–H groups in total. The Morgan fingerprint density at radius 1 is 1.20 bits per heavy atom. The van der Waals surface area contributed by atoms with Crippen LogP contribution in [0, 0.1) is 0 Å². The van der Waals surface area contributed by atoms with Crippen molar-refractivity contribution in [3.8, 4) is 5.75 Å².